The van der Waals surface area contributed by atoms with Gasteiger partial charge in [-0.15, -0.1) is 10.2 Å². The van der Waals surface area contributed by atoms with Gasteiger partial charge in [0.2, 0.25) is 0 Å². The summed E-state index contributed by atoms with van der Waals surface area (Å²) in [7, 11) is 3.38. The summed E-state index contributed by atoms with van der Waals surface area (Å²) in [5.74, 6) is 1.70. The van der Waals surface area contributed by atoms with E-state index in [2.05, 4.69) is 38.2 Å². The van der Waals surface area contributed by atoms with Crippen molar-refractivity contribution in [3.63, 3.8) is 0 Å². The van der Waals surface area contributed by atoms with Gasteiger partial charge in [0, 0.05) is 32.2 Å². The van der Waals surface area contributed by atoms with Crippen LogP contribution < -0.4 is 4.74 Å². The molecule has 35 heavy (non-hydrogen) atoms. The molecule has 4 heterocycles. The molecule has 0 radical (unpaired) electrons. The maximum atomic E-state index is 12.3. The van der Waals surface area contributed by atoms with Gasteiger partial charge in [-0.3, -0.25) is 14.6 Å². The van der Waals surface area contributed by atoms with Crippen LogP contribution in [0.25, 0.3) is 0 Å². The van der Waals surface area contributed by atoms with E-state index in [1.807, 2.05) is 23.7 Å². The zero-order valence-electron chi connectivity index (χ0n) is 20.2. The van der Waals surface area contributed by atoms with Crippen LogP contribution in [0.4, 0.5) is 0 Å². The molecule has 0 bridgehead atoms. The minimum Gasteiger partial charge on any atom is -0.492 e. The smallest absolute Gasteiger partial charge is 0.323 e. The van der Waals surface area contributed by atoms with Crippen molar-refractivity contribution < 1.29 is 18.7 Å². The van der Waals surface area contributed by atoms with Gasteiger partial charge in [-0.2, -0.15) is 0 Å². The summed E-state index contributed by atoms with van der Waals surface area (Å²) in [5.41, 5.74) is 2.34. The Hall–Kier alpha value is -2.82. The number of benzene rings is 1. The van der Waals surface area contributed by atoms with E-state index in [0.29, 0.717) is 13.2 Å². The van der Waals surface area contributed by atoms with Crippen LogP contribution in [0, 0.1) is 0 Å². The first kappa shape index (κ1) is 23.9. The highest BCUT2D eigenvalue weighted by Crippen LogP contribution is 2.30. The van der Waals surface area contributed by atoms with Crippen molar-refractivity contribution in [2.24, 2.45) is 7.05 Å². The van der Waals surface area contributed by atoms with Crippen molar-refractivity contribution >= 4 is 17.7 Å². The predicted octanol–water partition coefficient (Wildman–Crippen LogP) is 3.48. The van der Waals surface area contributed by atoms with Gasteiger partial charge < -0.3 is 18.5 Å². The molecule has 0 amide bonds. The molecule has 2 aliphatic heterocycles. The summed E-state index contributed by atoms with van der Waals surface area (Å²) in [5, 5.41) is 9.60. The zero-order chi connectivity index (χ0) is 24.2. The van der Waals surface area contributed by atoms with Gasteiger partial charge >= 0.3 is 5.97 Å². The van der Waals surface area contributed by atoms with Crippen LogP contribution in [0.5, 0.6) is 5.75 Å². The first-order chi connectivity index (χ1) is 17.1. The predicted molar refractivity (Wildman–Crippen MR) is 130 cm³/mol. The molecular formula is C25H31N5O4S. The van der Waals surface area contributed by atoms with Gasteiger partial charge in [-0.25, -0.2) is 0 Å². The third-order valence-corrected chi connectivity index (χ3v) is 7.51. The molecule has 1 fully saturated rings. The maximum Gasteiger partial charge on any atom is 0.323 e. The molecule has 1 aromatic carbocycles. The van der Waals surface area contributed by atoms with Crippen LogP contribution in [0.15, 0.2) is 51.3 Å². The molecule has 2 aliphatic rings. The summed E-state index contributed by atoms with van der Waals surface area (Å²) >= 11 is 1.46. The second-order valence-electron chi connectivity index (χ2n) is 9.05. The number of nitrogens with zero attached hydrogens (tertiary/aromatic N) is 5. The first-order valence-electron chi connectivity index (χ1n) is 12.0. The average molecular weight is 498 g/mol. The number of aryl methyl sites for hydroxylation is 1. The number of rotatable bonds is 7. The zero-order valence-corrected chi connectivity index (χ0v) is 21.0. The lowest BCUT2D eigenvalue weighted by molar-refractivity contribution is -0.148. The number of furan rings is 1. The molecule has 2 aromatic heterocycles. The third-order valence-electron chi connectivity index (χ3n) is 6.53. The maximum absolute atomic E-state index is 12.3. The van der Waals surface area contributed by atoms with Crippen LogP contribution in [-0.4, -0.2) is 63.4 Å². The number of ether oxygens (including phenoxy) is 2. The second kappa shape index (κ2) is 10.8. The minimum absolute atomic E-state index is 0.135. The van der Waals surface area contributed by atoms with E-state index in [1.165, 1.54) is 24.4 Å². The Bertz CT molecular complexity index is 1160. The minimum atomic E-state index is -0.159. The molecule has 0 saturated carbocycles. The van der Waals surface area contributed by atoms with E-state index in [-0.39, 0.29) is 12.0 Å². The van der Waals surface area contributed by atoms with Crippen molar-refractivity contribution in [3.05, 3.63) is 53.5 Å². The highest BCUT2D eigenvalue weighted by Gasteiger charge is 2.29. The van der Waals surface area contributed by atoms with Crippen molar-refractivity contribution in [2.75, 3.05) is 26.8 Å². The number of piperidine rings is 1. The normalized spacial score (nSPS) is 19.1. The number of esters is 1. The van der Waals surface area contributed by atoms with Gasteiger partial charge in [-0.05, 0) is 61.0 Å². The molecule has 0 aliphatic carbocycles. The number of aromatic nitrogens is 3. The summed E-state index contributed by atoms with van der Waals surface area (Å²) < 4.78 is 19.0. The highest BCUT2D eigenvalue weighted by molar-refractivity contribution is 7.99. The van der Waals surface area contributed by atoms with E-state index < -0.39 is 0 Å². The van der Waals surface area contributed by atoms with Crippen molar-refractivity contribution in [2.45, 2.75) is 55.2 Å². The van der Waals surface area contributed by atoms with E-state index in [9.17, 15) is 4.79 Å². The quantitative estimate of drug-likeness (QED) is 0.455. The SMILES string of the molecule is COC(=O)[C@H]1CCCCN1Cc1ccc2c(c1)CN(Cc1ccc(Sc3nncn3C)o1)CCO2. The molecule has 1 saturated heterocycles. The van der Waals surface area contributed by atoms with Gasteiger partial charge in [0.25, 0.3) is 0 Å². The molecule has 10 heteroatoms. The van der Waals surface area contributed by atoms with Crippen molar-refractivity contribution in [1.82, 2.24) is 24.6 Å². The lowest BCUT2D eigenvalue weighted by Crippen LogP contribution is -2.44. The topological polar surface area (TPSA) is 85.9 Å². The fourth-order valence-corrected chi connectivity index (χ4v) is 5.47. The lowest BCUT2D eigenvalue weighted by Gasteiger charge is -2.33. The monoisotopic (exact) mass is 497 g/mol. The Kier molecular flexibility index (Phi) is 7.40. The van der Waals surface area contributed by atoms with E-state index in [0.717, 1.165) is 72.8 Å². The molecule has 3 aromatic rings. The molecule has 5 rings (SSSR count). The van der Waals surface area contributed by atoms with Gasteiger partial charge in [0.15, 0.2) is 10.2 Å². The second-order valence-corrected chi connectivity index (χ2v) is 10.0. The Morgan fingerprint density at radius 2 is 2.11 bits per heavy atom. The number of hydrogen-bond donors (Lipinski definition) is 0. The summed E-state index contributed by atoms with van der Waals surface area (Å²) in [4.78, 5) is 16.8. The Morgan fingerprint density at radius 1 is 1.20 bits per heavy atom. The number of carbonyl (C=O) groups excluding carboxylic acids is 1. The summed E-state index contributed by atoms with van der Waals surface area (Å²) in [6.07, 6.45) is 4.70. The molecular weight excluding hydrogens is 466 g/mol. The van der Waals surface area contributed by atoms with Crippen LogP contribution in [-0.2, 0) is 36.2 Å². The van der Waals surface area contributed by atoms with Crippen molar-refractivity contribution in [1.29, 1.82) is 0 Å². The Morgan fingerprint density at radius 3 is 2.94 bits per heavy atom. The van der Waals surface area contributed by atoms with Crippen LogP contribution in [0.2, 0.25) is 0 Å². The largest absolute Gasteiger partial charge is 0.492 e. The molecule has 1 atom stereocenters. The van der Waals surface area contributed by atoms with Crippen LogP contribution in [0.3, 0.4) is 0 Å². The lowest BCUT2D eigenvalue weighted by atomic mass is 10.0. The average Bonchev–Trinajstić information content (AvgIpc) is 3.42. The molecule has 0 N–H and O–H groups in total. The van der Waals surface area contributed by atoms with Gasteiger partial charge in [-0.1, -0.05) is 12.5 Å². The molecule has 0 unspecified atom stereocenters. The molecule has 0 spiro atoms. The van der Waals surface area contributed by atoms with Gasteiger partial charge in [0.1, 0.15) is 30.5 Å². The fraction of sp³-hybridized carbons (Fsp3) is 0.480. The van der Waals surface area contributed by atoms with Crippen molar-refractivity contribution in [3.8, 4) is 5.75 Å². The van der Waals surface area contributed by atoms with E-state index in [1.54, 1.807) is 6.33 Å². The fourth-order valence-electron chi connectivity index (χ4n) is 4.73. The Balaban J connectivity index is 1.25. The van der Waals surface area contributed by atoms with Gasteiger partial charge in [0.05, 0.1) is 13.7 Å². The van der Waals surface area contributed by atoms with Crippen LogP contribution in [0.1, 0.15) is 36.1 Å². The highest BCUT2D eigenvalue weighted by atomic mass is 32.2. The number of carbonyl (C=O) groups is 1. The number of fused-ring (bicyclic) bond motifs is 1. The standard InChI is InChI=1S/C25H31N5O4S/c1-28-17-26-27-25(28)35-23-9-7-20(34-23)16-29-11-12-33-22-8-6-18(13-19(22)15-29)14-30-10-4-3-5-21(30)24(31)32-2/h6-9,13,17,21H,3-5,10-12,14-16H2,1-2H3/t21-/m1/s1. The Labute approximate surface area is 209 Å². The number of hydrogen-bond acceptors (Lipinski definition) is 9. The summed E-state index contributed by atoms with van der Waals surface area (Å²) in [6.45, 7) is 4.55. The molecule has 186 valence electrons. The first-order valence-corrected chi connectivity index (χ1v) is 12.8. The van der Waals surface area contributed by atoms with E-state index in [4.69, 9.17) is 13.9 Å². The number of likely N-dealkylation sites (tertiary alicyclic amines) is 1. The summed E-state index contributed by atoms with van der Waals surface area (Å²) in [6, 6.07) is 10.2. The third kappa shape index (κ3) is 5.71. The molecule has 9 nitrogen and oxygen atoms in total. The van der Waals surface area contributed by atoms with E-state index >= 15 is 0 Å². The van der Waals surface area contributed by atoms with Crippen LogP contribution >= 0.6 is 11.8 Å². The number of methoxy groups -OCH3 is 1.